The zero-order valence-electron chi connectivity index (χ0n) is 14.5. The summed E-state index contributed by atoms with van der Waals surface area (Å²) in [4.78, 5) is 23.4. The number of carbonyl (C=O) groups is 1. The van der Waals surface area contributed by atoms with E-state index in [4.69, 9.17) is 5.73 Å². The highest BCUT2D eigenvalue weighted by atomic mass is 35.5. The molecule has 1 aliphatic carbocycles. The number of nitro groups is 1. The molecule has 7 heteroatoms. The van der Waals surface area contributed by atoms with Crippen molar-refractivity contribution in [3.8, 4) is 0 Å². The Hall–Kier alpha value is -2.60. The lowest BCUT2D eigenvalue weighted by Gasteiger charge is -2.26. The molecule has 0 heterocycles. The van der Waals surface area contributed by atoms with Crippen LogP contribution in [0.3, 0.4) is 0 Å². The van der Waals surface area contributed by atoms with Crippen LogP contribution in [0.25, 0.3) is 0 Å². The molecule has 1 unspecified atom stereocenters. The molecule has 0 fully saturated rings. The van der Waals surface area contributed by atoms with Gasteiger partial charge in [-0.05, 0) is 55.0 Å². The highest BCUT2D eigenvalue weighted by Gasteiger charge is 2.23. The SMILES string of the molecule is CCc1ccc(C(=O)NC2CCCc3cc(N)ccc32)cc1[N+](=O)[O-].Cl. The van der Waals surface area contributed by atoms with E-state index in [2.05, 4.69) is 5.32 Å². The minimum absolute atomic E-state index is 0. The highest BCUT2D eigenvalue weighted by Crippen LogP contribution is 2.31. The minimum Gasteiger partial charge on any atom is -0.399 e. The first-order valence-corrected chi connectivity index (χ1v) is 8.46. The number of nitrogens with two attached hydrogens (primary N) is 1. The van der Waals surface area contributed by atoms with Crippen molar-refractivity contribution < 1.29 is 9.72 Å². The molecule has 0 spiro atoms. The molecule has 6 nitrogen and oxygen atoms in total. The van der Waals surface area contributed by atoms with E-state index in [0.29, 0.717) is 17.5 Å². The topological polar surface area (TPSA) is 98.3 Å². The predicted molar refractivity (Wildman–Crippen MR) is 104 cm³/mol. The summed E-state index contributed by atoms with van der Waals surface area (Å²) in [6.45, 7) is 1.85. The Bertz CT molecular complexity index is 839. The number of rotatable bonds is 4. The Morgan fingerprint density at radius 2 is 2.08 bits per heavy atom. The molecule has 0 radical (unpaired) electrons. The van der Waals surface area contributed by atoms with Crippen molar-refractivity contribution in [2.75, 3.05) is 5.73 Å². The van der Waals surface area contributed by atoms with Crippen LogP contribution in [-0.2, 0) is 12.8 Å². The summed E-state index contributed by atoms with van der Waals surface area (Å²) >= 11 is 0. The van der Waals surface area contributed by atoms with E-state index >= 15 is 0 Å². The molecule has 1 atom stereocenters. The van der Waals surface area contributed by atoms with Gasteiger partial charge in [-0.2, -0.15) is 0 Å². The maximum atomic E-state index is 12.6. The van der Waals surface area contributed by atoms with E-state index in [9.17, 15) is 14.9 Å². The third kappa shape index (κ3) is 3.96. The summed E-state index contributed by atoms with van der Waals surface area (Å²) < 4.78 is 0. The van der Waals surface area contributed by atoms with Crippen LogP contribution >= 0.6 is 12.4 Å². The number of amides is 1. The number of carbonyl (C=O) groups excluding carboxylic acids is 1. The third-order valence-corrected chi connectivity index (χ3v) is 4.71. The number of nitrogen functional groups attached to an aromatic ring is 1. The van der Waals surface area contributed by atoms with Gasteiger partial charge in [-0.3, -0.25) is 14.9 Å². The lowest BCUT2D eigenvalue weighted by Crippen LogP contribution is -2.31. The summed E-state index contributed by atoms with van der Waals surface area (Å²) in [6, 6.07) is 10.3. The first kappa shape index (κ1) is 19.7. The van der Waals surface area contributed by atoms with Crippen LogP contribution < -0.4 is 11.1 Å². The number of hydrogen-bond donors (Lipinski definition) is 2. The summed E-state index contributed by atoms with van der Waals surface area (Å²) in [5.74, 6) is -0.291. The molecule has 1 aliphatic rings. The number of nitro benzene ring substituents is 1. The first-order chi connectivity index (χ1) is 12.0. The number of nitrogens with zero attached hydrogens (tertiary/aromatic N) is 1. The molecule has 3 rings (SSSR count). The zero-order chi connectivity index (χ0) is 18.0. The van der Waals surface area contributed by atoms with E-state index in [1.165, 1.54) is 6.07 Å². The predicted octanol–water partition coefficient (Wildman–Crippen LogP) is 3.97. The van der Waals surface area contributed by atoms with Gasteiger partial charge in [-0.1, -0.05) is 19.1 Å². The quantitative estimate of drug-likeness (QED) is 0.480. The fourth-order valence-electron chi connectivity index (χ4n) is 3.40. The van der Waals surface area contributed by atoms with E-state index in [-0.39, 0.29) is 30.0 Å². The molecular weight excluding hydrogens is 354 g/mol. The summed E-state index contributed by atoms with van der Waals surface area (Å²) in [6.07, 6.45) is 3.31. The van der Waals surface area contributed by atoms with Crippen LogP contribution in [0.5, 0.6) is 0 Å². The maximum Gasteiger partial charge on any atom is 0.273 e. The molecule has 0 saturated carbocycles. The maximum absolute atomic E-state index is 12.6. The average Bonchev–Trinajstić information content (AvgIpc) is 2.60. The Kier molecular flexibility index (Phi) is 6.21. The van der Waals surface area contributed by atoms with E-state index in [1.54, 1.807) is 12.1 Å². The minimum atomic E-state index is -0.436. The van der Waals surface area contributed by atoms with Crippen LogP contribution in [0, 0.1) is 10.1 Å². The van der Waals surface area contributed by atoms with Crippen molar-refractivity contribution in [2.45, 2.75) is 38.6 Å². The molecule has 0 aromatic heterocycles. The van der Waals surface area contributed by atoms with Crippen LogP contribution in [-0.4, -0.2) is 10.8 Å². The van der Waals surface area contributed by atoms with Gasteiger partial charge in [-0.15, -0.1) is 12.4 Å². The van der Waals surface area contributed by atoms with Crippen molar-refractivity contribution in [1.29, 1.82) is 0 Å². The molecular formula is C19H22ClN3O3. The number of aryl methyl sites for hydroxylation is 2. The van der Waals surface area contributed by atoms with Gasteiger partial charge in [0.05, 0.1) is 11.0 Å². The van der Waals surface area contributed by atoms with Gasteiger partial charge in [0.2, 0.25) is 0 Å². The largest absolute Gasteiger partial charge is 0.399 e. The summed E-state index contributed by atoms with van der Waals surface area (Å²) in [5.41, 5.74) is 9.72. The average molecular weight is 376 g/mol. The first-order valence-electron chi connectivity index (χ1n) is 8.46. The zero-order valence-corrected chi connectivity index (χ0v) is 15.3. The number of benzene rings is 2. The summed E-state index contributed by atoms with van der Waals surface area (Å²) in [5, 5.41) is 14.2. The van der Waals surface area contributed by atoms with Crippen molar-refractivity contribution in [1.82, 2.24) is 5.32 Å². The Morgan fingerprint density at radius 1 is 1.31 bits per heavy atom. The molecule has 0 aliphatic heterocycles. The van der Waals surface area contributed by atoms with Gasteiger partial charge < -0.3 is 11.1 Å². The summed E-state index contributed by atoms with van der Waals surface area (Å²) in [7, 11) is 0. The van der Waals surface area contributed by atoms with Gasteiger partial charge in [0, 0.05) is 22.9 Å². The Labute approximate surface area is 158 Å². The second kappa shape index (κ2) is 8.19. The molecule has 0 bridgehead atoms. The second-order valence-electron chi connectivity index (χ2n) is 6.33. The number of halogens is 1. The molecule has 2 aromatic rings. The molecule has 3 N–H and O–H groups in total. The fraction of sp³-hybridized carbons (Fsp3) is 0.316. The van der Waals surface area contributed by atoms with Crippen molar-refractivity contribution >= 4 is 29.7 Å². The molecule has 1 amide bonds. The number of hydrogen-bond acceptors (Lipinski definition) is 4. The molecule has 138 valence electrons. The third-order valence-electron chi connectivity index (χ3n) is 4.71. The standard InChI is InChI=1S/C19H21N3O3.ClH/c1-2-12-6-7-14(11-18(12)22(24)25)19(23)21-17-5-3-4-13-10-15(20)8-9-16(13)17;/h6-11,17H,2-5,20H2,1H3,(H,21,23);1H. The number of anilines is 1. The van der Waals surface area contributed by atoms with Gasteiger partial charge >= 0.3 is 0 Å². The van der Waals surface area contributed by atoms with Crippen molar-refractivity contribution in [2.24, 2.45) is 0 Å². The molecule has 0 saturated heterocycles. The van der Waals surface area contributed by atoms with Gasteiger partial charge in [0.15, 0.2) is 0 Å². The van der Waals surface area contributed by atoms with Gasteiger partial charge in [0.25, 0.3) is 11.6 Å². The Morgan fingerprint density at radius 3 is 2.77 bits per heavy atom. The number of nitrogens with one attached hydrogen (secondary N) is 1. The van der Waals surface area contributed by atoms with Crippen LogP contribution in [0.2, 0.25) is 0 Å². The second-order valence-corrected chi connectivity index (χ2v) is 6.33. The van der Waals surface area contributed by atoms with Crippen molar-refractivity contribution in [3.63, 3.8) is 0 Å². The van der Waals surface area contributed by atoms with E-state index in [1.807, 2.05) is 25.1 Å². The lowest BCUT2D eigenvalue weighted by atomic mass is 9.87. The fourth-order valence-corrected chi connectivity index (χ4v) is 3.40. The van der Waals surface area contributed by atoms with Crippen LogP contribution in [0.15, 0.2) is 36.4 Å². The molecule has 26 heavy (non-hydrogen) atoms. The number of fused-ring (bicyclic) bond motifs is 1. The van der Waals surface area contributed by atoms with Gasteiger partial charge in [-0.25, -0.2) is 0 Å². The molecule has 2 aromatic carbocycles. The Balaban J connectivity index is 0.00000243. The monoisotopic (exact) mass is 375 g/mol. The normalized spacial score (nSPS) is 15.5. The van der Waals surface area contributed by atoms with E-state index in [0.717, 1.165) is 36.1 Å². The van der Waals surface area contributed by atoms with Crippen LogP contribution in [0.4, 0.5) is 11.4 Å². The van der Waals surface area contributed by atoms with Gasteiger partial charge in [0.1, 0.15) is 0 Å². The highest BCUT2D eigenvalue weighted by molar-refractivity contribution is 5.95. The van der Waals surface area contributed by atoms with Crippen LogP contribution in [0.1, 0.15) is 52.9 Å². The van der Waals surface area contributed by atoms with E-state index < -0.39 is 4.92 Å². The lowest BCUT2D eigenvalue weighted by molar-refractivity contribution is -0.385. The smallest absolute Gasteiger partial charge is 0.273 e. The van der Waals surface area contributed by atoms with Crippen molar-refractivity contribution in [3.05, 3.63) is 68.8 Å².